The third-order valence-electron chi connectivity index (χ3n) is 4.71. The van der Waals surface area contributed by atoms with Crippen LogP contribution < -0.4 is 16.0 Å². The highest BCUT2D eigenvalue weighted by atomic mass is 35.5. The normalized spacial score (nSPS) is 15.1. The molecule has 3 amide bonds. The number of halogens is 1. The zero-order valence-corrected chi connectivity index (χ0v) is 16.3. The van der Waals surface area contributed by atoms with Crippen LogP contribution in [0.25, 0.3) is 0 Å². The van der Waals surface area contributed by atoms with E-state index in [0.29, 0.717) is 13.0 Å². The maximum Gasteiger partial charge on any atom is 0.321 e. The number of rotatable bonds is 8. The van der Waals surface area contributed by atoms with Crippen molar-refractivity contribution in [3.05, 3.63) is 35.9 Å². The Morgan fingerprint density at radius 2 is 1.85 bits per heavy atom. The molecule has 0 aliphatic carbocycles. The zero-order chi connectivity index (χ0) is 17.9. The van der Waals surface area contributed by atoms with Gasteiger partial charge in [0.05, 0.1) is 0 Å². The summed E-state index contributed by atoms with van der Waals surface area (Å²) in [6.45, 7) is 4.30. The summed E-state index contributed by atoms with van der Waals surface area (Å²) in [5, 5.41) is 8.31. The summed E-state index contributed by atoms with van der Waals surface area (Å²) in [5.74, 6) is 0.573. The average molecular weight is 383 g/mol. The third kappa shape index (κ3) is 8.65. The maximum absolute atomic E-state index is 11.9. The van der Waals surface area contributed by atoms with Crippen LogP contribution in [-0.4, -0.2) is 50.1 Å². The molecule has 1 saturated heterocycles. The van der Waals surface area contributed by atoms with Crippen molar-refractivity contribution in [3.63, 3.8) is 0 Å². The third-order valence-corrected chi connectivity index (χ3v) is 4.71. The van der Waals surface area contributed by atoms with Crippen LogP contribution in [-0.2, 0) is 11.3 Å². The van der Waals surface area contributed by atoms with Gasteiger partial charge >= 0.3 is 6.03 Å². The van der Waals surface area contributed by atoms with Crippen LogP contribution in [0, 0.1) is 5.92 Å². The lowest BCUT2D eigenvalue weighted by Crippen LogP contribution is -2.41. The molecule has 146 valence electrons. The number of likely N-dealkylation sites (tertiary alicyclic amines) is 1. The molecule has 1 aromatic rings. The van der Waals surface area contributed by atoms with Crippen molar-refractivity contribution in [2.75, 3.05) is 33.2 Å². The minimum absolute atomic E-state index is 0. The SMILES string of the molecule is CNCCC1CCN(CCC(=O)NC(=O)NCc2ccccc2)CC1.Cl. The second-order valence-electron chi connectivity index (χ2n) is 6.64. The Bertz CT molecular complexity index is 534. The van der Waals surface area contributed by atoms with Gasteiger partial charge in [0.2, 0.25) is 5.91 Å². The first-order valence-corrected chi connectivity index (χ1v) is 9.16. The molecule has 7 heteroatoms. The minimum atomic E-state index is -0.431. The van der Waals surface area contributed by atoms with Crippen LogP contribution >= 0.6 is 12.4 Å². The molecule has 0 aromatic heterocycles. The Hall–Kier alpha value is -1.63. The lowest BCUT2D eigenvalue weighted by atomic mass is 9.93. The molecule has 0 unspecified atom stereocenters. The van der Waals surface area contributed by atoms with E-state index in [-0.39, 0.29) is 18.3 Å². The molecule has 0 spiro atoms. The summed E-state index contributed by atoms with van der Waals surface area (Å²) in [6, 6.07) is 9.20. The fourth-order valence-corrected chi connectivity index (χ4v) is 3.12. The number of carbonyl (C=O) groups excluding carboxylic acids is 2. The van der Waals surface area contributed by atoms with E-state index < -0.39 is 6.03 Å². The Kier molecular flexibility index (Phi) is 10.9. The molecule has 1 heterocycles. The van der Waals surface area contributed by atoms with Crippen molar-refractivity contribution in [3.8, 4) is 0 Å². The van der Waals surface area contributed by atoms with Gasteiger partial charge in [-0.05, 0) is 57.4 Å². The Labute approximate surface area is 162 Å². The molecule has 3 N–H and O–H groups in total. The van der Waals surface area contributed by atoms with Crippen LogP contribution in [0.2, 0.25) is 0 Å². The second-order valence-corrected chi connectivity index (χ2v) is 6.64. The van der Waals surface area contributed by atoms with Crippen molar-refractivity contribution < 1.29 is 9.59 Å². The molecule has 1 fully saturated rings. The first-order valence-electron chi connectivity index (χ1n) is 9.16. The summed E-state index contributed by atoms with van der Waals surface area (Å²) in [6.07, 6.45) is 3.98. The monoisotopic (exact) mass is 382 g/mol. The molecule has 1 aliphatic rings. The fourth-order valence-electron chi connectivity index (χ4n) is 3.12. The number of benzene rings is 1. The van der Waals surface area contributed by atoms with Gasteiger partial charge in [-0.25, -0.2) is 4.79 Å². The topological polar surface area (TPSA) is 73.5 Å². The smallest absolute Gasteiger partial charge is 0.321 e. The van der Waals surface area contributed by atoms with Crippen LogP contribution in [0.5, 0.6) is 0 Å². The molecule has 6 nitrogen and oxygen atoms in total. The van der Waals surface area contributed by atoms with Gasteiger partial charge in [0.25, 0.3) is 0 Å². The lowest BCUT2D eigenvalue weighted by molar-refractivity contribution is -0.120. The number of nitrogens with zero attached hydrogens (tertiary/aromatic N) is 1. The van der Waals surface area contributed by atoms with Crippen LogP contribution in [0.4, 0.5) is 4.79 Å². The number of nitrogens with one attached hydrogen (secondary N) is 3. The molecule has 1 aromatic carbocycles. The van der Waals surface area contributed by atoms with E-state index in [0.717, 1.165) is 37.7 Å². The molecule has 0 saturated carbocycles. The van der Waals surface area contributed by atoms with E-state index in [1.807, 2.05) is 37.4 Å². The van der Waals surface area contributed by atoms with Crippen molar-refractivity contribution in [2.45, 2.75) is 32.2 Å². The van der Waals surface area contributed by atoms with Crippen molar-refractivity contribution in [1.29, 1.82) is 0 Å². The second kappa shape index (κ2) is 12.7. The Balaban J connectivity index is 0.00000338. The number of urea groups is 1. The molecule has 2 rings (SSSR count). The molecule has 0 radical (unpaired) electrons. The molecule has 0 atom stereocenters. The lowest BCUT2D eigenvalue weighted by Gasteiger charge is -2.31. The van der Waals surface area contributed by atoms with E-state index >= 15 is 0 Å². The van der Waals surface area contributed by atoms with E-state index in [1.54, 1.807) is 0 Å². The highest BCUT2D eigenvalue weighted by molar-refractivity contribution is 5.94. The van der Waals surface area contributed by atoms with Crippen LogP contribution in [0.1, 0.15) is 31.2 Å². The fraction of sp³-hybridized carbons (Fsp3) is 0.579. The van der Waals surface area contributed by atoms with Gasteiger partial charge in [0, 0.05) is 19.5 Å². The Morgan fingerprint density at radius 3 is 2.50 bits per heavy atom. The van der Waals surface area contributed by atoms with Gasteiger partial charge in [-0.3, -0.25) is 10.1 Å². The highest BCUT2D eigenvalue weighted by Gasteiger charge is 2.19. The number of piperidine rings is 1. The molecular formula is C19H31ClN4O2. The van der Waals surface area contributed by atoms with E-state index in [9.17, 15) is 9.59 Å². The minimum Gasteiger partial charge on any atom is -0.334 e. The standard InChI is InChI=1S/C19H30N4O2.ClH/c1-20-11-7-16-8-12-23(13-9-16)14-10-18(24)22-19(25)21-15-17-5-3-2-4-6-17;/h2-6,16,20H,7-15H2,1H3,(H2,21,22,24,25);1H. The van der Waals surface area contributed by atoms with Gasteiger partial charge < -0.3 is 15.5 Å². The van der Waals surface area contributed by atoms with Crippen molar-refractivity contribution in [2.24, 2.45) is 5.92 Å². The highest BCUT2D eigenvalue weighted by Crippen LogP contribution is 2.19. The predicted molar refractivity (Wildman–Crippen MR) is 106 cm³/mol. The quantitative estimate of drug-likeness (QED) is 0.644. The van der Waals surface area contributed by atoms with Crippen molar-refractivity contribution >= 4 is 24.3 Å². The van der Waals surface area contributed by atoms with Crippen molar-refractivity contribution in [1.82, 2.24) is 20.9 Å². The van der Waals surface area contributed by atoms with E-state index in [1.165, 1.54) is 19.3 Å². The molecule has 0 bridgehead atoms. The summed E-state index contributed by atoms with van der Waals surface area (Å²) >= 11 is 0. The van der Waals surface area contributed by atoms with Gasteiger partial charge in [-0.15, -0.1) is 12.4 Å². The molecule has 26 heavy (non-hydrogen) atoms. The first kappa shape index (κ1) is 22.4. The number of amides is 3. The van der Waals surface area contributed by atoms with Gasteiger partial charge in [0.15, 0.2) is 0 Å². The van der Waals surface area contributed by atoms with Gasteiger partial charge in [-0.2, -0.15) is 0 Å². The van der Waals surface area contributed by atoms with Crippen LogP contribution in [0.15, 0.2) is 30.3 Å². The largest absolute Gasteiger partial charge is 0.334 e. The Morgan fingerprint density at radius 1 is 1.15 bits per heavy atom. The number of hydrogen-bond donors (Lipinski definition) is 3. The predicted octanol–water partition coefficient (Wildman–Crippen LogP) is 2.15. The van der Waals surface area contributed by atoms with E-state index in [2.05, 4.69) is 20.9 Å². The summed E-state index contributed by atoms with van der Waals surface area (Å²) in [7, 11) is 1.99. The number of imide groups is 1. The van der Waals surface area contributed by atoms with E-state index in [4.69, 9.17) is 0 Å². The summed E-state index contributed by atoms with van der Waals surface area (Å²) in [4.78, 5) is 26.0. The molecular weight excluding hydrogens is 352 g/mol. The number of carbonyl (C=O) groups is 2. The molecule has 1 aliphatic heterocycles. The van der Waals surface area contributed by atoms with Gasteiger partial charge in [-0.1, -0.05) is 30.3 Å². The van der Waals surface area contributed by atoms with Crippen LogP contribution in [0.3, 0.4) is 0 Å². The first-order chi connectivity index (χ1) is 12.2. The zero-order valence-electron chi connectivity index (χ0n) is 15.5. The average Bonchev–Trinajstić information content (AvgIpc) is 2.65. The maximum atomic E-state index is 11.9. The number of hydrogen-bond acceptors (Lipinski definition) is 4. The summed E-state index contributed by atoms with van der Waals surface area (Å²) < 4.78 is 0. The summed E-state index contributed by atoms with van der Waals surface area (Å²) in [5.41, 5.74) is 1.01. The van der Waals surface area contributed by atoms with Gasteiger partial charge in [0.1, 0.15) is 0 Å².